The number of nitrogens with zero attached hydrogens (tertiary/aromatic N) is 1. The van der Waals surface area contributed by atoms with Gasteiger partial charge in [-0.3, -0.25) is 14.4 Å². The summed E-state index contributed by atoms with van der Waals surface area (Å²) in [5, 5.41) is 5.96. The van der Waals surface area contributed by atoms with Crippen molar-refractivity contribution < 1.29 is 28.7 Å². The number of nitrogens with one attached hydrogen (secondary N) is 3. The van der Waals surface area contributed by atoms with Crippen LogP contribution in [0.1, 0.15) is 60.2 Å². The Morgan fingerprint density at radius 3 is 2.21 bits per heavy atom. The predicted octanol–water partition coefficient (Wildman–Crippen LogP) is 2.36. The Kier molecular flexibility index (Phi) is 10.4. The molecule has 2 atom stereocenters. The van der Waals surface area contributed by atoms with Gasteiger partial charge >= 0.3 is 0 Å². The van der Waals surface area contributed by atoms with E-state index in [9.17, 15) is 14.4 Å². The SMILES string of the molecule is CNC(=O)C(C)(C(=O)NOC1CCCCO1)N(C)C(=O)c1ccc(C#Cc2ccc(CNCC3(C)COC3)cc2)cc1. The molecular weight excluding hydrogens is 536 g/mol. The Bertz CT molecular complexity index is 1310. The first-order valence-corrected chi connectivity index (χ1v) is 14.2. The van der Waals surface area contributed by atoms with Crippen molar-refractivity contribution >= 4 is 17.7 Å². The number of hydroxylamine groups is 1. The van der Waals surface area contributed by atoms with Gasteiger partial charge in [0.15, 0.2) is 11.8 Å². The zero-order valence-electron chi connectivity index (χ0n) is 24.7. The molecule has 3 N–H and O–H groups in total. The minimum absolute atomic E-state index is 0.234. The highest BCUT2D eigenvalue weighted by molar-refractivity contribution is 6.12. The summed E-state index contributed by atoms with van der Waals surface area (Å²) in [5.41, 5.74) is 3.78. The maximum Gasteiger partial charge on any atom is 0.279 e. The second kappa shape index (κ2) is 13.9. The average molecular weight is 577 g/mol. The molecular formula is C32H40N4O6. The molecule has 10 nitrogen and oxygen atoms in total. The molecule has 0 saturated carbocycles. The topological polar surface area (TPSA) is 118 Å². The predicted molar refractivity (Wildman–Crippen MR) is 157 cm³/mol. The van der Waals surface area contributed by atoms with Crippen molar-refractivity contribution in [2.75, 3.05) is 40.5 Å². The molecule has 3 amide bonds. The Labute approximate surface area is 247 Å². The summed E-state index contributed by atoms with van der Waals surface area (Å²) < 4.78 is 10.8. The molecule has 0 aliphatic carbocycles. The first kappa shape index (κ1) is 31.2. The van der Waals surface area contributed by atoms with Gasteiger partial charge in [-0.2, -0.15) is 0 Å². The highest BCUT2D eigenvalue weighted by Crippen LogP contribution is 2.25. The van der Waals surface area contributed by atoms with E-state index in [1.54, 1.807) is 24.3 Å². The average Bonchev–Trinajstić information content (AvgIpc) is 3.01. The van der Waals surface area contributed by atoms with Gasteiger partial charge in [0.1, 0.15) is 0 Å². The lowest BCUT2D eigenvalue weighted by atomic mass is 9.89. The van der Waals surface area contributed by atoms with Crippen LogP contribution in [0.2, 0.25) is 0 Å². The molecule has 2 unspecified atom stereocenters. The van der Waals surface area contributed by atoms with E-state index in [0.717, 1.165) is 55.2 Å². The van der Waals surface area contributed by atoms with Crippen molar-refractivity contribution in [1.82, 2.24) is 21.0 Å². The number of likely N-dealkylation sites (N-methyl/N-ethyl adjacent to an activating group) is 2. The quantitative estimate of drug-likeness (QED) is 0.226. The van der Waals surface area contributed by atoms with E-state index in [-0.39, 0.29) is 5.41 Å². The van der Waals surface area contributed by atoms with Crippen molar-refractivity contribution in [3.63, 3.8) is 0 Å². The van der Waals surface area contributed by atoms with Crippen molar-refractivity contribution in [1.29, 1.82) is 0 Å². The van der Waals surface area contributed by atoms with Crippen LogP contribution in [0.15, 0.2) is 48.5 Å². The number of hydrogen-bond donors (Lipinski definition) is 3. The van der Waals surface area contributed by atoms with Gasteiger partial charge in [0.2, 0.25) is 0 Å². The van der Waals surface area contributed by atoms with Crippen LogP contribution in [0, 0.1) is 17.3 Å². The molecule has 2 aromatic carbocycles. The van der Waals surface area contributed by atoms with E-state index < -0.39 is 29.6 Å². The summed E-state index contributed by atoms with van der Waals surface area (Å²) in [6.07, 6.45) is 1.86. The Morgan fingerprint density at radius 2 is 1.67 bits per heavy atom. The van der Waals surface area contributed by atoms with Gasteiger partial charge in [-0.25, -0.2) is 10.3 Å². The van der Waals surface area contributed by atoms with Crippen LogP contribution in [-0.2, 0) is 30.4 Å². The maximum absolute atomic E-state index is 13.3. The van der Waals surface area contributed by atoms with Gasteiger partial charge in [-0.05, 0) is 61.7 Å². The molecule has 0 radical (unpaired) electrons. The molecule has 224 valence electrons. The number of amides is 3. The normalized spacial score (nSPS) is 18.8. The van der Waals surface area contributed by atoms with Crippen molar-refractivity contribution in [3.05, 3.63) is 70.8 Å². The molecule has 4 rings (SSSR count). The van der Waals surface area contributed by atoms with E-state index in [1.165, 1.54) is 26.6 Å². The van der Waals surface area contributed by atoms with Gasteiger partial charge in [0, 0.05) is 62.3 Å². The summed E-state index contributed by atoms with van der Waals surface area (Å²) in [6.45, 7) is 7.44. The van der Waals surface area contributed by atoms with Gasteiger partial charge < -0.3 is 25.0 Å². The summed E-state index contributed by atoms with van der Waals surface area (Å²) in [4.78, 5) is 45.8. The van der Waals surface area contributed by atoms with E-state index in [4.69, 9.17) is 14.3 Å². The fraction of sp³-hybridized carbons (Fsp3) is 0.469. The van der Waals surface area contributed by atoms with E-state index >= 15 is 0 Å². The first-order valence-electron chi connectivity index (χ1n) is 14.2. The third kappa shape index (κ3) is 7.55. The lowest BCUT2D eigenvalue weighted by Gasteiger charge is -2.38. The van der Waals surface area contributed by atoms with E-state index in [1.807, 2.05) is 12.1 Å². The van der Waals surface area contributed by atoms with Gasteiger partial charge in [0.05, 0.1) is 13.2 Å². The lowest BCUT2D eigenvalue weighted by Crippen LogP contribution is -2.65. The molecule has 42 heavy (non-hydrogen) atoms. The molecule has 2 fully saturated rings. The molecule has 0 bridgehead atoms. The molecule has 2 aliphatic heterocycles. The fourth-order valence-corrected chi connectivity index (χ4v) is 4.68. The Morgan fingerprint density at radius 1 is 1.02 bits per heavy atom. The maximum atomic E-state index is 13.3. The van der Waals surface area contributed by atoms with Gasteiger partial charge in [-0.15, -0.1) is 0 Å². The summed E-state index contributed by atoms with van der Waals surface area (Å²) in [7, 11) is 2.81. The zero-order valence-corrected chi connectivity index (χ0v) is 24.7. The number of ether oxygens (including phenoxy) is 2. The van der Waals surface area contributed by atoms with Gasteiger partial charge in [-0.1, -0.05) is 30.9 Å². The zero-order chi connectivity index (χ0) is 30.2. The van der Waals surface area contributed by atoms with Crippen LogP contribution in [0.4, 0.5) is 0 Å². The van der Waals surface area contributed by atoms with Crippen LogP contribution >= 0.6 is 0 Å². The van der Waals surface area contributed by atoms with Gasteiger partial charge in [0.25, 0.3) is 17.7 Å². The van der Waals surface area contributed by atoms with Crippen LogP contribution in [0.3, 0.4) is 0 Å². The highest BCUT2D eigenvalue weighted by Gasteiger charge is 2.47. The molecule has 2 aliphatic rings. The lowest BCUT2D eigenvalue weighted by molar-refractivity contribution is -0.204. The summed E-state index contributed by atoms with van der Waals surface area (Å²) in [5.74, 6) is 4.32. The number of carbonyl (C=O) groups excluding carboxylic acids is 3. The molecule has 10 heteroatoms. The molecule has 2 aromatic rings. The first-order chi connectivity index (χ1) is 20.1. The molecule has 2 saturated heterocycles. The molecule has 2 heterocycles. The van der Waals surface area contributed by atoms with E-state index in [0.29, 0.717) is 18.6 Å². The van der Waals surface area contributed by atoms with Crippen molar-refractivity contribution in [3.8, 4) is 11.8 Å². The van der Waals surface area contributed by atoms with Crippen LogP contribution < -0.4 is 16.1 Å². The second-order valence-corrected chi connectivity index (χ2v) is 11.3. The van der Waals surface area contributed by atoms with Crippen LogP contribution in [0.25, 0.3) is 0 Å². The second-order valence-electron chi connectivity index (χ2n) is 11.3. The third-order valence-corrected chi connectivity index (χ3v) is 7.73. The van der Waals surface area contributed by atoms with Crippen LogP contribution in [-0.4, -0.2) is 74.9 Å². The van der Waals surface area contributed by atoms with Crippen molar-refractivity contribution in [2.45, 2.75) is 51.5 Å². The summed E-state index contributed by atoms with van der Waals surface area (Å²) >= 11 is 0. The minimum atomic E-state index is -1.87. The number of hydrogen-bond acceptors (Lipinski definition) is 7. The molecule has 0 spiro atoms. The minimum Gasteiger partial charge on any atom is -0.380 e. The fourth-order valence-electron chi connectivity index (χ4n) is 4.68. The number of benzene rings is 2. The Hall–Kier alpha value is -3.75. The number of carbonyl (C=O) groups is 3. The largest absolute Gasteiger partial charge is 0.380 e. The smallest absolute Gasteiger partial charge is 0.279 e. The monoisotopic (exact) mass is 576 g/mol. The molecule has 0 aromatic heterocycles. The van der Waals surface area contributed by atoms with Crippen LogP contribution in [0.5, 0.6) is 0 Å². The highest BCUT2D eigenvalue weighted by atomic mass is 16.8. The Balaban J connectivity index is 1.35. The summed E-state index contributed by atoms with van der Waals surface area (Å²) in [6, 6.07) is 14.8. The van der Waals surface area contributed by atoms with E-state index in [2.05, 4.69) is 47.0 Å². The standard InChI is InChI=1S/C32H40N4O6/c1-31(21-40-22-31)20-34-19-25-12-10-23(11-13-25)8-9-24-14-16-26(17-15-24)28(37)36(4)32(2,29(38)33-3)30(39)35-42-27-7-5-6-18-41-27/h10-17,27,34H,5-7,18-22H2,1-4H3,(H,33,38)(H,35,39). The van der Waals surface area contributed by atoms with Crippen molar-refractivity contribution in [2.24, 2.45) is 5.41 Å². The number of rotatable bonds is 10. The third-order valence-electron chi connectivity index (χ3n) is 7.73.